The first-order valence-electron chi connectivity index (χ1n) is 12.1. The van der Waals surface area contributed by atoms with Crippen molar-refractivity contribution in [3.63, 3.8) is 0 Å². The summed E-state index contributed by atoms with van der Waals surface area (Å²) in [6, 6.07) is 6.13. The maximum absolute atomic E-state index is 13.1. The molecule has 6 heteroatoms. The summed E-state index contributed by atoms with van der Waals surface area (Å²) >= 11 is 0. The minimum atomic E-state index is -3.51. The number of benzene rings is 1. The van der Waals surface area contributed by atoms with Crippen LogP contribution in [0.5, 0.6) is 0 Å². The molecule has 2 aliphatic carbocycles. The number of anilines is 1. The molecule has 3 fully saturated rings. The van der Waals surface area contributed by atoms with E-state index >= 15 is 0 Å². The summed E-state index contributed by atoms with van der Waals surface area (Å²) in [6.45, 7) is 3.02. The van der Waals surface area contributed by atoms with Crippen molar-refractivity contribution in [2.45, 2.75) is 94.2 Å². The molecule has 1 aromatic carbocycles. The van der Waals surface area contributed by atoms with Gasteiger partial charge in [0.05, 0.1) is 11.0 Å². The highest BCUT2D eigenvalue weighted by molar-refractivity contribution is 7.89. The van der Waals surface area contributed by atoms with Gasteiger partial charge in [0, 0.05) is 35.9 Å². The Bertz CT molecular complexity index is 857. The normalized spacial score (nSPS) is 34.8. The van der Waals surface area contributed by atoms with Crippen molar-refractivity contribution in [3.8, 4) is 0 Å². The van der Waals surface area contributed by atoms with Crippen molar-refractivity contribution in [1.29, 1.82) is 0 Å². The van der Waals surface area contributed by atoms with Gasteiger partial charge >= 0.3 is 0 Å². The quantitative estimate of drug-likeness (QED) is 0.703. The van der Waals surface area contributed by atoms with Crippen LogP contribution in [0.25, 0.3) is 0 Å². The summed E-state index contributed by atoms with van der Waals surface area (Å²) in [4.78, 5) is 0.382. The zero-order valence-electron chi connectivity index (χ0n) is 18.1. The van der Waals surface area contributed by atoms with Gasteiger partial charge in [-0.3, -0.25) is 0 Å². The van der Waals surface area contributed by atoms with Gasteiger partial charge in [-0.05, 0) is 75.0 Å². The van der Waals surface area contributed by atoms with Gasteiger partial charge in [-0.15, -0.1) is 0 Å². The molecule has 2 aliphatic heterocycles. The molecule has 0 amide bonds. The lowest BCUT2D eigenvalue weighted by Crippen LogP contribution is -2.42. The van der Waals surface area contributed by atoms with Crippen LogP contribution in [0.1, 0.15) is 82.8 Å². The molecule has 30 heavy (non-hydrogen) atoms. The summed E-state index contributed by atoms with van der Waals surface area (Å²) in [7, 11) is -3.51. The van der Waals surface area contributed by atoms with Crippen LogP contribution in [0.2, 0.25) is 0 Å². The fraction of sp³-hybridized carbons (Fsp3) is 0.750. The molecule has 2 N–H and O–H groups in total. The van der Waals surface area contributed by atoms with Crippen LogP contribution in [0, 0.1) is 17.8 Å². The molecule has 5 rings (SSSR count). The van der Waals surface area contributed by atoms with E-state index < -0.39 is 10.0 Å². The number of fused-ring (bicyclic) bond motifs is 3. The minimum Gasteiger partial charge on any atom is -0.381 e. The van der Waals surface area contributed by atoms with E-state index in [1.54, 1.807) is 6.07 Å². The largest absolute Gasteiger partial charge is 0.381 e. The maximum atomic E-state index is 13.1. The van der Waals surface area contributed by atoms with Gasteiger partial charge in [0.2, 0.25) is 10.0 Å². The fourth-order valence-corrected chi connectivity index (χ4v) is 7.62. The average Bonchev–Trinajstić information content (AvgIpc) is 3.25. The third kappa shape index (κ3) is 4.03. The number of ether oxygens (including phenoxy) is 1. The van der Waals surface area contributed by atoms with Crippen molar-refractivity contribution < 1.29 is 13.2 Å². The molecule has 5 nitrogen and oxygen atoms in total. The topological polar surface area (TPSA) is 67.4 Å². The Hall–Kier alpha value is -1.11. The monoisotopic (exact) mass is 432 g/mol. The van der Waals surface area contributed by atoms with E-state index in [0.29, 0.717) is 28.7 Å². The van der Waals surface area contributed by atoms with Crippen LogP contribution in [0.15, 0.2) is 23.1 Å². The molecular formula is C24H36N2O3S. The molecule has 2 heterocycles. The van der Waals surface area contributed by atoms with Gasteiger partial charge in [-0.25, -0.2) is 13.1 Å². The summed E-state index contributed by atoms with van der Waals surface area (Å²) in [5.74, 6) is 1.86. The number of hydrogen-bond donors (Lipinski definition) is 2. The predicted molar refractivity (Wildman–Crippen MR) is 119 cm³/mol. The van der Waals surface area contributed by atoms with Gasteiger partial charge < -0.3 is 10.1 Å². The predicted octanol–water partition coefficient (Wildman–Crippen LogP) is 5.00. The fourth-order valence-electron chi connectivity index (χ4n) is 6.28. The van der Waals surface area contributed by atoms with Gasteiger partial charge in [0.15, 0.2) is 0 Å². The Morgan fingerprint density at radius 3 is 2.53 bits per heavy atom. The van der Waals surface area contributed by atoms with E-state index in [0.717, 1.165) is 50.0 Å². The zero-order chi connectivity index (χ0) is 20.7. The Balaban J connectivity index is 1.38. The molecule has 0 radical (unpaired) electrons. The number of rotatable bonds is 4. The Morgan fingerprint density at radius 1 is 1.00 bits per heavy atom. The van der Waals surface area contributed by atoms with Crippen molar-refractivity contribution >= 4 is 15.7 Å². The van der Waals surface area contributed by atoms with Crippen molar-refractivity contribution in [1.82, 2.24) is 4.72 Å². The van der Waals surface area contributed by atoms with Crippen molar-refractivity contribution in [2.75, 3.05) is 11.9 Å². The van der Waals surface area contributed by atoms with Crippen molar-refractivity contribution in [3.05, 3.63) is 23.8 Å². The second-order valence-corrected chi connectivity index (χ2v) is 11.9. The zero-order valence-corrected chi connectivity index (χ0v) is 18.9. The molecule has 4 aliphatic rings. The van der Waals surface area contributed by atoms with Gasteiger partial charge in [0.1, 0.15) is 0 Å². The second kappa shape index (κ2) is 8.44. The van der Waals surface area contributed by atoms with Crippen LogP contribution in [0.4, 0.5) is 5.69 Å². The maximum Gasteiger partial charge on any atom is 0.240 e. The highest BCUT2D eigenvalue weighted by Gasteiger charge is 2.44. The summed E-state index contributed by atoms with van der Waals surface area (Å²) < 4.78 is 35.3. The average molecular weight is 433 g/mol. The molecule has 2 saturated carbocycles. The smallest absolute Gasteiger partial charge is 0.240 e. The standard InChI is InChI=1S/C24H36N2O3S/c1-16-7-9-18(10-8-16)26-30(27,28)19-11-12-22-21(15-19)24-20(13-14-29-24)23(25-22)17-5-3-2-4-6-17/h11-12,15-18,20,23-26H,2-10,13-14H2,1H3/t16?,18?,20-,23?,24-/m0/s1. The van der Waals surface area contributed by atoms with Crippen LogP contribution in [0.3, 0.4) is 0 Å². The first kappa shape index (κ1) is 20.8. The van der Waals surface area contributed by atoms with E-state index in [4.69, 9.17) is 4.74 Å². The molecule has 3 atom stereocenters. The van der Waals surface area contributed by atoms with E-state index in [1.807, 2.05) is 12.1 Å². The van der Waals surface area contributed by atoms with Gasteiger partial charge in [-0.1, -0.05) is 26.2 Å². The number of sulfonamides is 1. The van der Waals surface area contributed by atoms with Crippen LogP contribution in [-0.4, -0.2) is 27.1 Å². The van der Waals surface area contributed by atoms with Crippen LogP contribution in [-0.2, 0) is 14.8 Å². The highest BCUT2D eigenvalue weighted by Crippen LogP contribution is 2.48. The Kier molecular flexibility index (Phi) is 5.84. The van der Waals surface area contributed by atoms with E-state index in [9.17, 15) is 8.42 Å². The van der Waals surface area contributed by atoms with Crippen LogP contribution >= 0.6 is 0 Å². The lowest BCUT2D eigenvalue weighted by molar-refractivity contribution is 0.0730. The Morgan fingerprint density at radius 2 is 1.77 bits per heavy atom. The first-order valence-corrected chi connectivity index (χ1v) is 13.5. The third-order valence-corrected chi connectivity index (χ3v) is 9.57. The molecule has 0 aromatic heterocycles. The third-order valence-electron chi connectivity index (χ3n) is 8.06. The number of hydrogen-bond acceptors (Lipinski definition) is 4. The van der Waals surface area contributed by atoms with E-state index in [2.05, 4.69) is 17.0 Å². The molecule has 1 saturated heterocycles. The lowest BCUT2D eigenvalue weighted by Gasteiger charge is -2.42. The molecular weight excluding hydrogens is 396 g/mol. The second-order valence-electron chi connectivity index (χ2n) is 10.1. The minimum absolute atomic E-state index is 0.0267. The highest BCUT2D eigenvalue weighted by atomic mass is 32.2. The molecule has 166 valence electrons. The van der Waals surface area contributed by atoms with Gasteiger partial charge in [-0.2, -0.15) is 0 Å². The van der Waals surface area contributed by atoms with Crippen LogP contribution < -0.4 is 10.0 Å². The molecule has 1 unspecified atom stereocenters. The van der Waals surface area contributed by atoms with Gasteiger partial charge in [0.25, 0.3) is 0 Å². The molecule has 1 aromatic rings. The summed E-state index contributed by atoms with van der Waals surface area (Å²) in [6.07, 6.45) is 11.8. The number of nitrogens with one attached hydrogen (secondary N) is 2. The molecule has 0 spiro atoms. The summed E-state index contributed by atoms with van der Waals surface area (Å²) in [5.41, 5.74) is 2.10. The van der Waals surface area contributed by atoms with E-state index in [-0.39, 0.29) is 12.1 Å². The van der Waals surface area contributed by atoms with E-state index in [1.165, 1.54) is 32.1 Å². The molecule has 0 bridgehead atoms. The first-order chi connectivity index (χ1) is 14.5. The Labute approximate surface area is 181 Å². The lowest BCUT2D eigenvalue weighted by atomic mass is 9.73. The SMILES string of the molecule is CC1CCC(NS(=O)(=O)c2ccc3c(c2)[C@H]2OCC[C@H]2C(C2CCCCC2)N3)CC1. The van der Waals surface area contributed by atoms with Crippen molar-refractivity contribution in [2.24, 2.45) is 17.8 Å². The summed E-state index contributed by atoms with van der Waals surface area (Å²) in [5, 5.41) is 3.81.